The van der Waals surface area contributed by atoms with Gasteiger partial charge in [0.15, 0.2) is 5.82 Å². The monoisotopic (exact) mass is 449 g/mol. The predicted molar refractivity (Wildman–Crippen MR) is 123 cm³/mol. The van der Waals surface area contributed by atoms with Crippen LogP contribution in [0, 0.1) is 0 Å². The summed E-state index contributed by atoms with van der Waals surface area (Å²) in [5.41, 5.74) is 4.05. The van der Waals surface area contributed by atoms with Crippen LogP contribution in [0.2, 0.25) is 0 Å². The number of amides is 1. The highest BCUT2D eigenvalue weighted by atomic mass is 32.1. The van der Waals surface area contributed by atoms with Gasteiger partial charge in [-0.2, -0.15) is 0 Å². The summed E-state index contributed by atoms with van der Waals surface area (Å²) in [6.07, 6.45) is 3.06. The van der Waals surface area contributed by atoms with Crippen molar-refractivity contribution in [2.45, 2.75) is 32.5 Å². The quantitative estimate of drug-likeness (QED) is 0.397. The first kappa shape index (κ1) is 21.9. The summed E-state index contributed by atoms with van der Waals surface area (Å²) < 4.78 is 0.953. The van der Waals surface area contributed by atoms with Crippen LogP contribution in [0.3, 0.4) is 0 Å². The molecule has 164 valence electrons. The van der Waals surface area contributed by atoms with Crippen molar-refractivity contribution < 1.29 is 15.0 Å². The Labute approximate surface area is 189 Å². The first-order valence-electron chi connectivity index (χ1n) is 10.3. The number of nitrogens with zero attached hydrogens (tertiary/aromatic N) is 4. The van der Waals surface area contributed by atoms with E-state index in [4.69, 9.17) is 4.98 Å². The lowest BCUT2D eigenvalue weighted by Gasteiger charge is -2.12. The second kappa shape index (κ2) is 9.47. The van der Waals surface area contributed by atoms with E-state index in [1.165, 1.54) is 18.3 Å². The third-order valence-electron chi connectivity index (χ3n) is 4.89. The molecule has 4 rings (SSSR count). The molecule has 4 aromatic rings. The Balaban J connectivity index is 1.79. The number of fused-ring (bicyclic) bond motifs is 1. The number of carbonyl (C=O) groups is 1. The van der Waals surface area contributed by atoms with E-state index >= 15 is 0 Å². The Morgan fingerprint density at radius 3 is 2.56 bits per heavy atom. The van der Waals surface area contributed by atoms with Crippen molar-refractivity contribution in [3.8, 4) is 22.4 Å². The lowest BCUT2D eigenvalue weighted by atomic mass is 10.0. The van der Waals surface area contributed by atoms with Gasteiger partial charge in [0.2, 0.25) is 5.91 Å². The second-order valence-corrected chi connectivity index (χ2v) is 8.42. The Hall–Kier alpha value is -3.27. The topological polar surface area (TPSA) is 121 Å². The molecule has 32 heavy (non-hydrogen) atoms. The van der Waals surface area contributed by atoms with Crippen LogP contribution in [0.4, 0.5) is 0 Å². The minimum atomic E-state index is -1.15. The first-order valence-corrected chi connectivity index (χ1v) is 11.1. The number of aliphatic hydroxyl groups is 2. The Morgan fingerprint density at radius 2 is 1.91 bits per heavy atom. The molecule has 0 aliphatic carbocycles. The largest absolute Gasteiger partial charge is 0.390 e. The van der Waals surface area contributed by atoms with Gasteiger partial charge in [0.05, 0.1) is 28.4 Å². The van der Waals surface area contributed by atoms with E-state index in [0.29, 0.717) is 6.54 Å². The van der Waals surface area contributed by atoms with E-state index in [2.05, 4.69) is 20.3 Å². The number of rotatable bonds is 7. The van der Waals surface area contributed by atoms with Crippen molar-refractivity contribution in [3.63, 3.8) is 0 Å². The summed E-state index contributed by atoms with van der Waals surface area (Å²) in [6.45, 7) is 3.94. The molecule has 8 nitrogen and oxygen atoms in total. The molecule has 2 atom stereocenters. The number of aromatic nitrogens is 4. The average Bonchev–Trinajstić information content (AvgIpc) is 3.20. The van der Waals surface area contributed by atoms with Crippen LogP contribution in [-0.2, 0) is 11.2 Å². The Kier molecular flexibility index (Phi) is 6.50. The molecule has 9 heteroatoms. The number of aliphatic hydroxyl groups excluding tert-OH is 2. The van der Waals surface area contributed by atoms with Crippen LogP contribution in [-0.4, -0.2) is 48.7 Å². The first-order chi connectivity index (χ1) is 15.5. The number of nitrogens with one attached hydrogen (secondary N) is 1. The van der Waals surface area contributed by atoms with Gasteiger partial charge in [0.25, 0.3) is 0 Å². The highest BCUT2D eigenvalue weighted by Gasteiger charge is 2.18. The number of likely N-dealkylation sites (N-methyl/N-ethyl adjacent to an activating group) is 1. The molecule has 1 aromatic carbocycles. The van der Waals surface area contributed by atoms with Crippen molar-refractivity contribution in [1.29, 1.82) is 0 Å². The van der Waals surface area contributed by atoms with Gasteiger partial charge >= 0.3 is 0 Å². The fraction of sp³-hybridized carbons (Fsp3) is 0.261. The van der Waals surface area contributed by atoms with Gasteiger partial charge in [0.1, 0.15) is 11.1 Å². The highest BCUT2D eigenvalue weighted by Crippen LogP contribution is 2.36. The Bertz CT molecular complexity index is 1230. The minimum absolute atomic E-state index is 0.0631. The van der Waals surface area contributed by atoms with Crippen molar-refractivity contribution in [2.24, 2.45) is 0 Å². The highest BCUT2D eigenvalue weighted by molar-refractivity contribution is 7.19. The molecule has 3 N–H and O–H groups in total. The lowest BCUT2D eigenvalue weighted by Crippen LogP contribution is -2.24. The fourth-order valence-corrected chi connectivity index (χ4v) is 4.35. The molecular formula is C23H23N5O3S. The zero-order valence-corrected chi connectivity index (χ0v) is 18.5. The summed E-state index contributed by atoms with van der Waals surface area (Å²) in [5.74, 6) is 0.0967. The van der Waals surface area contributed by atoms with Crippen molar-refractivity contribution in [2.75, 3.05) is 6.54 Å². The normalized spacial score (nSPS) is 13.1. The fourth-order valence-electron chi connectivity index (χ4n) is 3.29. The summed E-state index contributed by atoms with van der Waals surface area (Å²) in [4.78, 5) is 29.7. The van der Waals surface area contributed by atoms with E-state index in [9.17, 15) is 15.0 Å². The van der Waals surface area contributed by atoms with Gasteiger partial charge in [-0.15, -0.1) is 11.3 Å². The zero-order chi connectivity index (χ0) is 22.7. The summed E-state index contributed by atoms with van der Waals surface area (Å²) in [7, 11) is 0. The van der Waals surface area contributed by atoms with Crippen molar-refractivity contribution in [3.05, 3.63) is 59.8 Å². The maximum absolute atomic E-state index is 12.1. The van der Waals surface area contributed by atoms with Crippen molar-refractivity contribution in [1.82, 2.24) is 25.3 Å². The van der Waals surface area contributed by atoms with Gasteiger partial charge in [-0.25, -0.2) is 15.0 Å². The van der Waals surface area contributed by atoms with Gasteiger partial charge in [-0.05, 0) is 43.7 Å². The van der Waals surface area contributed by atoms with E-state index in [1.807, 2.05) is 37.3 Å². The number of thiazole rings is 1. The van der Waals surface area contributed by atoms with E-state index < -0.39 is 12.2 Å². The summed E-state index contributed by atoms with van der Waals surface area (Å²) in [6, 6.07) is 9.65. The molecule has 0 saturated carbocycles. The smallest absolute Gasteiger partial charge is 0.226 e. The molecule has 3 aromatic heterocycles. The molecule has 0 radical (unpaired) electrons. The Morgan fingerprint density at radius 1 is 1.12 bits per heavy atom. The molecule has 0 spiro atoms. The molecule has 0 fully saturated rings. The van der Waals surface area contributed by atoms with E-state index in [-0.39, 0.29) is 18.2 Å². The molecule has 0 aliphatic heterocycles. The minimum Gasteiger partial charge on any atom is -0.390 e. The van der Waals surface area contributed by atoms with Crippen LogP contribution in [0.5, 0.6) is 0 Å². The van der Waals surface area contributed by atoms with Crippen LogP contribution in [0.15, 0.2) is 48.9 Å². The number of benzene rings is 1. The third kappa shape index (κ3) is 4.64. The second-order valence-electron chi connectivity index (χ2n) is 7.34. The van der Waals surface area contributed by atoms with Crippen LogP contribution in [0.25, 0.3) is 32.6 Å². The third-order valence-corrected chi connectivity index (χ3v) is 5.99. The molecule has 0 unspecified atom stereocenters. The van der Waals surface area contributed by atoms with Gasteiger partial charge < -0.3 is 15.5 Å². The molecule has 3 heterocycles. The predicted octanol–water partition coefficient (Wildman–Crippen LogP) is 2.91. The SMILES string of the molecule is CCNC(=O)Cc1nc2cc(-c3cnc([C@@H](O)[C@H](C)O)nc3)cc(-c3ccccn3)c2s1. The average molecular weight is 450 g/mol. The summed E-state index contributed by atoms with van der Waals surface area (Å²) >= 11 is 1.48. The van der Waals surface area contributed by atoms with Crippen LogP contribution >= 0.6 is 11.3 Å². The zero-order valence-electron chi connectivity index (χ0n) is 17.7. The van der Waals surface area contributed by atoms with Crippen molar-refractivity contribution >= 4 is 27.5 Å². The number of carbonyl (C=O) groups excluding carboxylic acids is 1. The maximum atomic E-state index is 12.1. The van der Waals surface area contributed by atoms with Crippen LogP contribution < -0.4 is 5.32 Å². The number of hydrogen-bond donors (Lipinski definition) is 3. The molecular weight excluding hydrogens is 426 g/mol. The molecule has 0 saturated heterocycles. The molecule has 0 bridgehead atoms. The number of pyridine rings is 1. The van der Waals surface area contributed by atoms with Crippen LogP contribution in [0.1, 0.15) is 30.8 Å². The van der Waals surface area contributed by atoms with Gasteiger partial charge in [-0.1, -0.05) is 6.07 Å². The maximum Gasteiger partial charge on any atom is 0.226 e. The van der Waals surface area contributed by atoms with Gasteiger partial charge in [-0.3, -0.25) is 9.78 Å². The molecule has 0 aliphatic rings. The van der Waals surface area contributed by atoms with E-state index in [1.54, 1.807) is 18.6 Å². The number of hydrogen-bond acceptors (Lipinski definition) is 8. The van der Waals surface area contributed by atoms with E-state index in [0.717, 1.165) is 37.6 Å². The molecule has 1 amide bonds. The lowest BCUT2D eigenvalue weighted by molar-refractivity contribution is -0.120. The standard InChI is InChI=1S/C23H23N5O3S/c1-3-24-19(30)10-20-28-18-9-14(15-11-26-23(27-12-15)21(31)13(2)29)8-16(22(18)32-20)17-6-4-5-7-25-17/h4-9,11-13,21,29,31H,3,10H2,1-2H3,(H,24,30)/t13-,21-/m0/s1. The van der Waals surface area contributed by atoms with Gasteiger partial charge in [0, 0.05) is 36.3 Å². The summed E-state index contributed by atoms with van der Waals surface area (Å²) in [5, 5.41) is 23.1.